The molecule has 0 aliphatic carbocycles. The minimum atomic E-state index is 0.289. The van der Waals surface area contributed by atoms with Crippen LogP contribution in [-0.2, 0) is 11.3 Å². The maximum Gasteiger partial charge on any atom is 0.181 e. The number of benzene rings is 1. The number of pyridine rings is 1. The van der Waals surface area contributed by atoms with Crippen molar-refractivity contribution in [2.75, 3.05) is 26.8 Å². The van der Waals surface area contributed by atoms with Crippen LogP contribution in [0.15, 0.2) is 54.9 Å². The highest BCUT2D eigenvalue weighted by Gasteiger charge is 2.36. The second-order valence-electron chi connectivity index (χ2n) is 6.79. The lowest BCUT2D eigenvalue weighted by Crippen LogP contribution is -2.21. The zero-order valence-electron chi connectivity index (χ0n) is 14.9. The first-order valence-electron chi connectivity index (χ1n) is 8.91. The monoisotopic (exact) mass is 349 g/mol. The van der Waals surface area contributed by atoms with Gasteiger partial charge in [0.25, 0.3) is 0 Å². The van der Waals surface area contributed by atoms with Crippen molar-refractivity contribution in [1.82, 2.24) is 25.1 Å². The third-order valence-electron chi connectivity index (χ3n) is 4.91. The highest BCUT2D eigenvalue weighted by atomic mass is 16.5. The van der Waals surface area contributed by atoms with E-state index in [1.165, 1.54) is 5.56 Å². The van der Waals surface area contributed by atoms with E-state index in [-0.39, 0.29) is 5.92 Å². The Morgan fingerprint density at radius 3 is 2.81 bits per heavy atom. The molecule has 3 aromatic rings. The lowest BCUT2D eigenvalue weighted by molar-refractivity contribution is 0.146. The number of hydrogen-bond donors (Lipinski definition) is 1. The fraction of sp³-hybridized carbons (Fsp3) is 0.350. The molecular weight excluding hydrogens is 326 g/mol. The molecule has 1 saturated heterocycles. The van der Waals surface area contributed by atoms with Gasteiger partial charge in [-0.2, -0.15) is 5.10 Å². The quantitative estimate of drug-likeness (QED) is 0.741. The van der Waals surface area contributed by atoms with Crippen LogP contribution in [0.4, 0.5) is 0 Å². The normalized spacial score (nSPS) is 20.5. The van der Waals surface area contributed by atoms with Gasteiger partial charge in [0.2, 0.25) is 0 Å². The molecule has 0 unspecified atom stereocenters. The number of methoxy groups -OCH3 is 1. The van der Waals surface area contributed by atoms with Crippen molar-refractivity contribution < 1.29 is 4.74 Å². The summed E-state index contributed by atoms with van der Waals surface area (Å²) in [6.07, 6.45) is 3.74. The Labute approximate surface area is 153 Å². The summed E-state index contributed by atoms with van der Waals surface area (Å²) >= 11 is 0. The van der Waals surface area contributed by atoms with E-state index in [0.29, 0.717) is 5.92 Å². The Kier molecular flexibility index (Phi) is 5.04. The zero-order chi connectivity index (χ0) is 17.8. The van der Waals surface area contributed by atoms with Gasteiger partial charge in [-0.3, -0.25) is 15.0 Å². The van der Waals surface area contributed by atoms with Crippen LogP contribution in [0.1, 0.15) is 17.3 Å². The van der Waals surface area contributed by atoms with E-state index in [1.54, 1.807) is 7.11 Å². The first-order valence-corrected chi connectivity index (χ1v) is 8.91. The summed E-state index contributed by atoms with van der Waals surface area (Å²) < 4.78 is 5.47. The largest absolute Gasteiger partial charge is 0.384 e. The summed E-state index contributed by atoms with van der Waals surface area (Å²) in [5.41, 5.74) is 2.26. The molecule has 2 atom stereocenters. The van der Waals surface area contributed by atoms with Crippen molar-refractivity contribution in [3.8, 4) is 11.4 Å². The number of aromatic nitrogens is 4. The maximum absolute atomic E-state index is 5.47. The van der Waals surface area contributed by atoms with Crippen LogP contribution in [0.25, 0.3) is 11.4 Å². The van der Waals surface area contributed by atoms with Gasteiger partial charge in [-0.25, -0.2) is 4.98 Å². The minimum absolute atomic E-state index is 0.289. The maximum atomic E-state index is 5.47. The van der Waals surface area contributed by atoms with Crippen LogP contribution in [-0.4, -0.2) is 51.9 Å². The lowest BCUT2D eigenvalue weighted by atomic mass is 9.96. The Morgan fingerprint density at radius 1 is 1.15 bits per heavy atom. The molecule has 1 aliphatic rings. The van der Waals surface area contributed by atoms with Gasteiger partial charge in [0.1, 0.15) is 5.82 Å². The fourth-order valence-electron chi connectivity index (χ4n) is 3.69. The molecule has 0 amide bonds. The average Bonchev–Trinajstić information content (AvgIpc) is 3.31. The standard InChI is InChI=1S/C20H23N5O/c1-26-14-17-12-25(11-15-6-5-9-21-10-15)13-18(17)20-22-19(23-24-20)16-7-3-2-4-8-16/h2-10,17-18H,11-14H2,1H3,(H,22,23,24)/t17-,18+/m0/s1. The second-order valence-corrected chi connectivity index (χ2v) is 6.79. The van der Waals surface area contributed by atoms with Gasteiger partial charge >= 0.3 is 0 Å². The van der Waals surface area contributed by atoms with Crippen molar-refractivity contribution >= 4 is 0 Å². The first-order chi connectivity index (χ1) is 12.8. The predicted octanol–water partition coefficient (Wildman–Crippen LogP) is 2.73. The number of hydrogen-bond acceptors (Lipinski definition) is 5. The van der Waals surface area contributed by atoms with E-state index < -0.39 is 0 Å². The van der Waals surface area contributed by atoms with Gasteiger partial charge in [-0.15, -0.1) is 0 Å². The SMILES string of the molecule is COC[C@@H]1CN(Cc2cccnc2)C[C@H]1c1nc(-c2ccccc2)n[nH]1. The number of nitrogens with one attached hydrogen (secondary N) is 1. The molecule has 4 rings (SSSR count). The smallest absolute Gasteiger partial charge is 0.181 e. The van der Waals surface area contributed by atoms with Gasteiger partial charge in [0.15, 0.2) is 5.82 Å². The van der Waals surface area contributed by atoms with Crippen molar-refractivity contribution in [3.63, 3.8) is 0 Å². The Hall–Kier alpha value is -2.57. The van der Waals surface area contributed by atoms with E-state index >= 15 is 0 Å². The van der Waals surface area contributed by atoms with Gasteiger partial charge in [0, 0.05) is 56.5 Å². The molecule has 0 radical (unpaired) electrons. The number of rotatable bonds is 6. The van der Waals surface area contributed by atoms with E-state index in [1.807, 2.05) is 48.8 Å². The first kappa shape index (κ1) is 16.9. The minimum Gasteiger partial charge on any atom is -0.384 e. The third-order valence-corrected chi connectivity index (χ3v) is 4.91. The molecule has 0 spiro atoms. The van der Waals surface area contributed by atoms with Crippen molar-refractivity contribution in [2.24, 2.45) is 5.92 Å². The lowest BCUT2D eigenvalue weighted by Gasteiger charge is -2.15. The van der Waals surface area contributed by atoms with Crippen LogP contribution in [0.5, 0.6) is 0 Å². The molecule has 1 fully saturated rings. The number of H-pyrrole nitrogens is 1. The zero-order valence-corrected chi connectivity index (χ0v) is 14.9. The molecule has 6 heteroatoms. The third kappa shape index (κ3) is 3.66. The molecule has 6 nitrogen and oxygen atoms in total. The van der Waals surface area contributed by atoms with Gasteiger partial charge < -0.3 is 4.74 Å². The molecule has 3 heterocycles. The van der Waals surface area contributed by atoms with E-state index in [2.05, 4.69) is 26.1 Å². The Morgan fingerprint density at radius 2 is 2.04 bits per heavy atom. The van der Waals surface area contributed by atoms with E-state index in [4.69, 9.17) is 9.72 Å². The van der Waals surface area contributed by atoms with E-state index in [0.717, 1.165) is 43.5 Å². The van der Waals surface area contributed by atoms with Crippen LogP contribution >= 0.6 is 0 Å². The average molecular weight is 349 g/mol. The topological polar surface area (TPSA) is 66.9 Å². The second kappa shape index (κ2) is 7.76. The molecular formula is C20H23N5O. The van der Waals surface area contributed by atoms with Crippen molar-refractivity contribution in [1.29, 1.82) is 0 Å². The molecule has 1 aromatic carbocycles. The molecule has 0 saturated carbocycles. The fourth-order valence-corrected chi connectivity index (χ4v) is 3.69. The van der Waals surface area contributed by atoms with Crippen LogP contribution < -0.4 is 0 Å². The van der Waals surface area contributed by atoms with Crippen LogP contribution in [0, 0.1) is 5.92 Å². The molecule has 1 aliphatic heterocycles. The number of nitrogens with zero attached hydrogens (tertiary/aromatic N) is 4. The summed E-state index contributed by atoms with van der Waals surface area (Å²) in [6, 6.07) is 14.2. The summed E-state index contributed by atoms with van der Waals surface area (Å²) in [5.74, 6) is 2.38. The van der Waals surface area contributed by atoms with Crippen molar-refractivity contribution in [3.05, 3.63) is 66.2 Å². The predicted molar refractivity (Wildman–Crippen MR) is 99.4 cm³/mol. The van der Waals surface area contributed by atoms with E-state index in [9.17, 15) is 0 Å². The Bertz CT molecular complexity index is 820. The van der Waals surface area contributed by atoms with Crippen LogP contribution in [0.3, 0.4) is 0 Å². The highest BCUT2D eigenvalue weighted by molar-refractivity contribution is 5.53. The Balaban J connectivity index is 1.51. The number of ether oxygens (including phenoxy) is 1. The molecule has 2 aromatic heterocycles. The summed E-state index contributed by atoms with van der Waals surface area (Å²) in [6.45, 7) is 3.53. The van der Waals surface area contributed by atoms with Gasteiger partial charge in [-0.1, -0.05) is 36.4 Å². The summed E-state index contributed by atoms with van der Waals surface area (Å²) in [5, 5.41) is 7.59. The van der Waals surface area contributed by atoms with Gasteiger partial charge in [0.05, 0.1) is 6.61 Å². The van der Waals surface area contributed by atoms with Crippen molar-refractivity contribution in [2.45, 2.75) is 12.5 Å². The highest BCUT2D eigenvalue weighted by Crippen LogP contribution is 2.32. The number of likely N-dealkylation sites (tertiary alicyclic amines) is 1. The molecule has 26 heavy (non-hydrogen) atoms. The summed E-state index contributed by atoms with van der Waals surface area (Å²) in [7, 11) is 1.76. The molecule has 1 N–H and O–H groups in total. The molecule has 0 bridgehead atoms. The number of aromatic amines is 1. The summed E-state index contributed by atoms with van der Waals surface area (Å²) in [4.78, 5) is 11.4. The van der Waals surface area contributed by atoms with Crippen LogP contribution in [0.2, 0.25) is 0 Å². The molecule has 134 valence electrons. The van der Waals surface area contributed by atoms with Gasteiger partial charge in [-0.05, 0) is 11.6 Å².